The van der Waals surface area contributed by atoms with Crippen molar-refractivity contribution in [3.05, 3.63) is 35.7 Å². The van der Waals surface area contributed by atoms with Crippen molar-refractivity contribution in [2.45, 2.75) is 19.8 Å². The van der Waals surface area contributed by atoms with Gasteiger partial charge in [0.05, 0.1) is 5.69 Å². The maximum atomic E-state index is 4.34. The first-order valence-electron chi connectivity index (χ1n) is 5.66. The largest absolute Gasteiger partial charge is 0.300 e. The molecule has 0 N–H and O–H groups in total. The van der Waals surface area contributed by atoms with Gasteiger partial charge in [0, 0.05) is 12.7 Å². The van der Waals surface area contributed by atoms with Crippen LogP contribution < -0.4 is 0 Å². The molecule has 80 valence electrons. The predicted octanol–water partition coefficient (Wildman–Crippen LogP) is 2.50. The fourth-order valence-electron chi connectivity index (χ4n) is 1.87. The summed E-state index contributed by atoms with van der Waals surface area (Å²) in [7, 11) is 0. The topological polar surface area (TPSA) is 16.1 Å². The molecule has 0 bridgehead atoms. The Morgan fingerprint density at radius 2 is 2.13 bits per heavy atom. The summed E-state index contributed by atoms with van der Waals surface area (Å²) < 4.78 is 0. The highest BCUT2D eigenvalue weighted by Gasteiger charge is 2.08. The van der Waals surface area contributed by atoms with Gasteiger partial charge in [-0.25, -0.2) is 0 Å². The average molecular weight is 202 g/mol. The van der Waals surface area contributed by atoms with Crippen LogP contribution in [0.5, 0.6) is 0 Å². The molecule has 1 saturated heterocycles. The molecule has 1 aliphatic heterocycles. The fraction of sp³-hybridized carbons (Fsp3) is 0.462. The molecule has 1 aromatic rings. The zero-order valence-corrected chi connectivity index (χ0v) is 9.32. The minimum absolute atomic E-state index is 1.06. The van der Waals surface area contributed by atoms with Gasteiger partial charge >= 0.3 is 0 Å². The lowest BCUT2D eigenvalue weighted by Gasteiger charge is -2.10. The van der Waals surface area contributed by atoms with Gasteiger partial charge in [0.25, 0.3) is 0 Å². The molecule has 0 atom stereocenters. The quantitative estimate of drug-likeness (QED) is 0.748. The Morgan fingerprint density at radius 1 is 1.33 bits per heavy atom. The van der Waals surface area contributed by atoms with Crippen molar-refractivity contribution in [3.63, 3.8) is 0 Å². The first-order chi connectivity index (χ1) is 7.34. The smallest absolute Gasteiger partial charge is 0.0627 e. The zero-order valence-electron chi connectivity index (χ0n) is 9.32. The Hall–Kier alpha value is -1.15. The van der Waals surface area contributed by atoms with Crippen LogP contribution in [-0.2, 0) is 0 Å². The third kappa shape index (κ3) is 3.17. The number of aryl methyl sites for hydroxylation is 1. The van der Waals surface area contributed by atoms with Gasteiger partial charge in [-0.05, 0) is 50.6 Å². The standard InChI is InChI=1S/C13H18N2/c1-12-6-7-13(14-11-12)5-4-10-15-8-2-3-9-15/h4-7,11H,2-3,8-10H2,1H3/b5-4+. The number of hydrogen-bond acceptors (Lipinski definition) is 2. The Labute approximate surface area is 91.6 Å². The molecule has 1 aromatic heterocycles. The summed E-state index contributed by atoms with van der Waals surface area (Å²) in [5, 5.41) is 0. The van der Waals surface area contributed by atoms with E-state index in [2.05, 4.69) is 41.1 Å². The highest BCUT2D eigenvalue weighted by Crippen LogP contribution is 2.07. The Kier molecular flexibility index (Phi) is 3.51. The van der Waals surface area contributed by atoms with Crippen LogP contribution in [0.25, 0.3) is 6.08 Å². The number of nitrogens with zero attached hydrogens (tertiary/aromatic N) is 2. The van der Waals surface area contributed by atoms with Crippen molar-refractivity contribution < 1.29 is 0 Å². The first-order valence-corrected chi connectivity index (χ1v) is 5.66. The van der Waals surface area contributed by atoms with E-state index < -0.39 is 0 Å². The van der Waals surface area contributed by atoms with Crippen LogP contribution in [0.2, 0.25) is 0 Å². The molecule has 0 aromatic carbocycles. The van der Waals surface area contributed by atoms with Gasteiger partial charge in [-0.3, -0.25) is 9.88 Å². The lowest BCUT2D eigenvalue weighted by Crippen LogP contribution is -2.18. The summed E-state index contributed by atoms with van der Waals surface area (Å²) in [6.45, 7) is 5.64. The van der Waals surface area contributed by atoms with Crippen molar-refractivity contribution in [1.29, 1.82) is 0 Å². The molecular formula is C13H18N2. The number of pyridine rings is 1. The second-order valence-corrected chi connectivity index (χ2v) is 4.17. The Morgan fingerprint density at radius 3 is 2.80 bits per heavy atom. The van der Waals surface area contributed by atoms with Crippen LogP contribution in [0, 0.1) is 6.92 Å². The first kappa shape index (κ1) is 10.4. The molecule has 2 rings (SSSR count). The van der Waals surface area contributed by atoms with Crippen LogP contribution in [0.15, 0.2) is 24.4 Å². The number of aromatic nitrogens is 1. The highest BCUT2D eigenvalue weighted by molar-refractivity contribution is 5.44. The summed E-state index contributed by atoms with van der Waals surface area (Å²) in [4.78, 5) is 6.81. The molecule has 0 amide bonds. The van der Waals surface area contributed by atoms with E-state index in [9.17, 15) is 0 Å². The average Bonchev–Trinajstić information content (AvgIpc) is 2.74. The second-order valence-electron chi connectivity index (χ2n) is 4.17. The van der Waals surface area contributed by atoms with Gasteiger partial charge < -0.3 is 0 Å². The van der Waals surface area contributed by atoms with Gasteiger partial charge in [0.1, 0.15) is 0 Å². The molecule has 0 radical (unpaired) electrons. The lowest BCUT2D eigenvalue weighted by atomic mass is 10.2. The van der Waals surface area contributed by atoms with Crippen molar-refractivity contribution in [3.8, 4) is 0 Å². The third-order valence-corrected chi connectivity index (χ3v) is 2.79. The highest BCUT2D eigenvalue weighted by atomic mass is 15.1. The maximum Gasteiger partial charge on any atom is 0.0627 e. The van der Waals surface area contributed by atoms with E-state index in [4.69, 9.17) is 0 Å². The normalized spacial score (nSPS) is 17.7. The van der Waals surface area contributed by atoms with Crippen molar-refractivity contribution >= 4 is 6.08 Å². The van der Waals surface area contributed by atoms with Crippen LogP contribution >= 0.6 is 0 Å². The summed E-state index contributed by atoms with van der Waals surface area (Å²) in [5.41, 5.74) is 2.27. The van der Waals surface area contributed by atoms with E-state index in [1.165, 1.54) is 31.5 Å². The summed E-state index contributed by atoms with van der Waals surface area (Å²) >= 11 is 0. The molecule has 0 aliphatic carbocycles. The van der Waals surface area contributed by atoms with Crippen molar-refractivity contribution in [2.24, 2.45) is 0 Å². The van der Waals surface area contributed by atoms with Gasteiger partial charge in [-0.2, -0.15) is 0 Å². The predicted molar refractivity (Wildman–Crippen MR) is 63.7 cm³/mol. The summed E-state index contributed by atoms with van der Waals surface area (Å²) in [6, 6.07) is 4.17. The van der Waals surface area contributed by atoms with Crippen LogP contribution in [0.1, 0.15) is 24.1 Å². The molecule has 2 heterocycles. The zero-order chi connectivity index (χ0) is 10.5. The molecule has 1 aliphatic rings. The SMILES string of the molecule is Cc1ccc(/C=C/CN2CCCC2)nc1. The fourth-order valence-corrected chi connectivity index (χ4v) is 1.87. The Balaban J connectivity index is 1.85. The minimum atomic E-state index is 1.06. The molecule has 15 heavy (non-hydrogen) atoms. The molecule has 0 spiro atoms. The van der Waals surface area contributed by atoms with Crippen molar-refractivity contribution in [1.82, 2.24) is 9.88 Å². The molecule has 2 heteroatoms. The number of likely N-dealkylation sites (tertiary alicyclic amines) is 1. The molecule has 0 saturated carbocycles. The summed E-state index contributed by atoms with van der Waals surface area (Å²) in [6.07, 6.45) is 8.95. The van der Waals surface area contributed by atoms with E-state index in [1.54, 1.807) is 0 Å². The number of rotatable bonds is 3. The molecule has 1 fully saturated rings. The second kappa shape index (κ2) is 5.08. The van der Waals surface area contributed by atoms with E-state index in [0.717, 1.165) is 12.2 Å². The van der Waals surface area contributed by atoms with Crippen molar-refractivity contribution in [2.75, 3.05) is 19.6 Å². The minimum Gasteiger partial charge on any atom is -0.300 e. The van der Waals surface area contributed by atoms with Gasteiger partial charge in [0.2, 0.25) is 0 Å². The molecule has 0 unspecified atom stereocenters. The lowest BCUT2D eigenvalue weighted by molar-refractivity contribution is 0.378. The van der Waals surface area contributed by atoms with Crippen LogP contribution in [0.3, 0.4) is 0 Å². The Bertz CT molecular complexity index is 321. The van der Waals surface area contributed by atoms with E-state index in [-0.39, 0.29) is 0 Å². The number of hydrogen-bond donors (Lipinski definition) is 0. The van der Waals surface area contributed by atoms with E-state index >= 15 is 0 Å². The summed E-state index contributed by atoms with van der Waals surface area (Å²) in [5.74, 6) is 0. The third-order valence-electron chi connectivity index (χ3n) is 2.79. The van der Waals surface area contributed by atoms with Gasteiger partial charge in [0.15, 0.2) is 0 Å². The van der Waals surface area contributed by atoms with Gasteiger partial charge in [-0.1, -0.05) is 12.1 Å². The monoisotopic (exact) mass is 202 g/mol. The maximum absolute atomic E-state index is 4.34. The van der Waals surface area contributed by atoms with E-state index in [1.807, 2.05) is 6.20 Å². The van der Waals surface area contributed by atoms with Gasteiger partial charge in [-0.15, -0.1) is 0 Å². The van der Waals surface area contributed by atoms with E-state index in [0.29, 0.717) is 0 Å². The molecular weight excluding hydrogens is 184 g/mol. The van der Waals surface area contributed by atoms with Crippen LogP contribution in [-0.4, -0.2) is 29.5 Å². The van der Waals surface area contributed by atoms with Crippen LogP contribution in [0.4, 0.5) is 0 Å². The molecule has 2 nitrogen and oxygen atoms in total.